The van der Waals surface area contributed by atoms with Crippen LogP contribution in [0.5, 0.6) is 11.5 Å². The molecule has 112 valence electrons. The van der Waals surface area contributed by atoms with Crippen LogP contribution in [0.25, 0.3) is 0 Å². The second kappa shape index (κ2) is 8.12. The van der Waals surface area contributed by atoms with Crippen LogP contribution in [0.3, 0.4) is 0 Å². The average molecular weight is 279 g/mol. The molecule has 0 unspecified atom stereocenters. The molecular formula is C16H25NO3. The molecule has 1 aromatic carbocycles. The third kappa shape index (κ3) is 4.69. The Balaban J connectivity index is 1.67. The lowest BCUT2D eigenvalue weighted by Gasteiger charge is -2.21. The normalized spacial score (nSPS) is 13.8. The third-order valence-electron chi connectivity index (χ3n) is 3.23. The predicted octanol–water partition coefficient (Wildman–Crippen LogP) is 2.61. The van der Waals surface area contributed by atoms with Gasteiger partial charge in [0.1, 0.15) is 13.2 Å². The van der Waals surface area contributed by atoms with Gasteiger partial charge in [-0.25, -0.2) is 0 Å². The van der Waals surface area contributed by atoms with Gasteiger partial charge in [0, 0.05) is 25.3 Å². The van der Waals surface area contributed by atoms with Crippen LogP contribution in [0.15, 0.2) is 18.2 Å². The van der Waals surface area contributed by atoms with Crippen LogP contribution in [0.1, 0.15) is 25.8 Å². The van der Waals surface area contributed by atoms with Gasteiger partial charge in [-0.1, -0.05) is 26.0 Å². The molecular weight excluding hydrogens is 254 g/mol. The van der Waals surface area contributed by atoms with E-state index in [1.165, 1.54) is 0 Å². The van der Waals surface area contributed by atoms with E-state index in [4.69, 9.17) is 14.2 Å². The molecule has 0 spiro atoms. The minimum absolute atomic E-state index is 0.627. The van der Waals surface area contributed by atoms with Gasteiger partial charge in [0.2, 0.25) is 0 Å². The summed E-state index contributed by atoms with van der Waals surface area (Å²) in [6, 6.07) is 6.02. The fourth-order valence-electron chi connectivity index (χ4n) is 2.06. The van der Waals surface area contributed by atoms with Crippen molar-refractivity contribution in [2.75, 3.05) is 33.0 Å². The first kappa shape index (κ1) is 15.1. The van der Waals surface area contributed by atoms with E-state index in [1.807, 2.05) is 12.1 Å². The van der Waals surface area contributed by atoms with Crippen LogP contribution >= 0.6 is 0 Å². The summed E-state index contributed by atoms with van der Waals surface area (Å²) >= 11 is 0. The fraction of sp³-hybridized carbons (Fsp3) is 0.625. The minimum atomic E-state index is 0.627. The van der Waals surface area contributed by atoms with Gasteiger partial charge in [-0.15, -0.1) is 0 Å². The molecule has 0 aromatic heterocycles. The molecule has 4 heteroatoms. The van der Waals surface area contributed by atoms with E-state index in [2.05, 4.69) is 25.2 Å². The first-order valence-electron chi connectivity index (χ1n) is 7.43. The summed E-state index contributed by atoms with van der Waals surface area (Å²) in [5.41, 5.74) is 1.14. The first-order chi connectivity index (χ1) is 9.77. The van der Waals surface area contributed by atoms with Crippen LogP contribution in [-0.4, -0.2) is 33.0 Å². The van der Waals surface area contributed by atoms with Crippen molar-refractivity contribution in [2.24, 2.45) is 5.92 Å². The maximum absolute atomic E-state index is 5.68. The van der Waals surface area contributed by atoms with Crippen molar-refractivity contribution < 1.29 is 14.2 Å². The lowest BCUT2D eigenvalue weighted by molar-refractivity contribution is 0.125. The minimum Gasteiger partial charge on any atom is -0.486 e. The van der Waals surface area contributed by atoms with Crippen LogP contribution in [0.2, 0.25) is 0 Å². The molecule has 0 fully saturated rings. The highest BCUT2D eigenvalue weighted by Crippen LogP contribution is 2.33. The van der Waals surface area contributed by atoms with Crippen molar-refractivity contribution >= 4 is 0 Å². The molecule has 1 heterocycles. The van der Waals surface area contributed by atoms with Crippen molar-refractivity contribution in [3.8, 4) is 11.5 Å². The average Bonchev–Trinajstić information content (AvgIpc) is 2.46. The summed E-state index contributed by atoms with van der Waals surface area (Å²) in [6.45, 7) is 8.90. The largest absolute Gasteiger partial charge is 0.486 e. The number of hydrogen-bond acceptors (Lipinski definition) is 4. The molecule has 0 bridgehead atoms. The summed E-state index contributed by atoms with van der Waals surface area (Å²) in [5, 5.41) is 3.38. The Morgan fingerprint density at radius 3 is 2.90 bits per heavy atom. The van der Waals surface area contributed by atoms with Gasteiger partial charge in [0.05, 0.1) is 6.61 Å². The zero-order valence-corrected chi connectivity index (χ0v) is 12.5. The molecule has 0 radical (unpaired) electrons. The molecule has 1 aliphatic rings. The van der Waals surface area contributed by atoms with E-state index < -0.39 is 0 Å². The van der Waals surface area contributed by atoms with Gasteiger partial charge in [-0.05, 0) is 18.4 Å². The zero-order valence-electron chi connectivity index (χ0n) is 12.5. The Kier molecular flexibility index (Phi) is 6.15. The van der Waals surface area contributed by atoms with Gasteiger partial charge in [0.15, 0.2) is 11.5 Å². The van der Waals surface area contributed by atoms with Gasteiger partial charge < -0.3 is 19.5 Å². The summed E-state index contributed by atoms with van der Waals surface area (Å²) in [6.07, 6.45) is 1.12. The maximum atomic E-state index is 5.68. The Bertz CT molecular complexity index is 407. The monoisotopic (exact) mass is 279 g/mol. The van der Waals surface area contributed by atoms with Crippen molar-refractivity contribution in [2.45, 2.75) is 26.8 Å². The topological polar surface area (TPSA) is 39.7 Å². The standard InChI is InChI=1S/C16H25NO3/c1-13(2)6-8-18-9-7-17-12-14-4-3-5-15-16(14)20-11-10-19-15/h3-5,13,17H,6-12H2,1-2H3. The van der Waals surface area contributed by atoms with E-state index in [0.717, 1.165) is 49.8 Å². The SMILES string of the molecule is CC(C)CCOCCNCc1cccc2c1OCCO2. The summed E-state index contributed by atoms with van der Waals surface area (Å²) in [7, 11) is 0. The highest BCUT2D eigenvalue weighted by atomic mass is 16.6. The Labute approximate surface area is 121 Å². The van der Waals surface area contributed by atoms with Gasteiger partial charge in [-0.2, -0.15) is 0 Å². The number of rotatable bonds is 8. The molecule has 0 saturated carbocycles. The van der Waals surface area contributed by atoms with Gasteiger partial charge >= 0.3 is 0 Å². The third-order valence-corrected chi connectivity index (χ3v) is 3.23. The second-order valence-corrected chi connectivity index (χ2v) is 5.41. The molecule has 2 rings (SSSR count). The number of fused-ring (bicyclic) bond motifs is 1. The number of hydrogen-bond donors (Lipinski definition) is 1. The number of ether oxygens (including phenoxy) is 3. The van der Waals surface area contributed by atoms with E-state index in [0.29, 0.717) is 19.1 Å². The highest BCUT2D eigenvalue weighted by molar-refractivity contribution is 5.47. The van der Waals surface area contributed by atoms with Crippen LogP contribution in [0.4, 0.5) is 0 Å². The van der Waals surface area contributed by atoms with Crippen molar-refractivity contribution in [3.63, 3.8) is 0 Å². The van der Waals surface area contributed by atoms with Crippen molar-refractivity contribution in [1.29, 1.82) is 0 Å². The first-order valence-corrected chi connectivity index (χ1v) is 7.43. The van der Waals surface area contributed by atoms with Crippen LogP contribution in [0, 0.1) is 5.92 Å². The van der Waals surface area contributed by atoms with Crippen LogP contribution in [-0.2, 0) is 11.3 Å². The van der Waals surface area contributed by atoms with E-state index >= 15 is 0 Å². The molecule has 1 aliphatic heterocycles. The zero-order chi connectivity index (χ0) is 14.2. The molecule has 1 N–H and O–H groups in total. The molecule has 0 atom stereocenters. The lowest BCUT2D eigenvalue weighted by atomic mass is 10.1. The Morgan fingerprint density at radius 1 is 1.20 bits per heavy atom. The molecule has 20 heavy (non-hydrogen) atoms. The molecule has 4 nitrogen and oxygen atoms in total. The summed E-state index contributed by atoms with van der Waals surface area (Å²) < 4.78 is 16.8. The van der Waals surface area contributed by atoms with Crippen molar-refractivity contribution in [1.82, 2.24) is 5.32 Å². The summed E-state index contributed by atoms with van der Waals surface area (Å²) in [4.78, 5) is 0. The quantitative estimate of drug-likeness (QED) is 0.743. The Morgan fingerprint density at radius 2 is 2.05 bits per heavy atom. The van der Waals surface area contributed by atoms with E-state index in [1.54, 1.807) is 0 Å². The number of para-hydroxylation sites is 1. The highest BCUT2D eigenvalue weighted by Gasteiger charge is 2.14. The molecule has 0 aliphatic carbocycles. The molecule has 1 aromatic rings. The predicted molar refractivity (Wildman–Crippen MR) is 79.4 cm³/mol. The van der Waals surface area contributed by atoms with Gasteiger partial charge in [0.25, 0.3) is 0 Å². The van der Waals surface area contributed by atoms with Crippen LogP contribution < -0.4 is 14.8 Å². The summed E-state index contributed by atoms with van der Waals surface area (Å²) in [5.74, 6) is 2.44. The smallest absolute Gasteiger partial charge is 0.165 e. The Hall–Kier alpha value is -1.26. The molecule has 0 saturated heterocycles. The fourth-order valence-corrected chi connectivity index (χ4v) is 2.06. The lowest BCUT2D eigenvalue weighted by Crippen LogP contribution is -2.22. The number of benzene rings is 1. The second-order valence-electron chi connectivity index (χ2n) is 5.41. The van der Waals surface area contributed by atoms with E-state index in [-0.39, 0.29) is 0 Å². The van der Waals surface area contributed by atoms with E-state index in [9.17, 15) is 0 Å². The van der Waals surface area contributed by atoms with Gasteiger partial charge in [-0.3, -0.25) is 0 Å². The molecule has 0 amide bonds. The maximum Gasteiger partial charge on any atom is 0.165 e. The number of nitrogens with one attached hydrogen (secondary N) is 1. The van der Waals surface area contributed by atoms with Crippen molar-refractivity contribution in [3.05, 3.63) is 23.8 Å².